The van der Waals surface area contributed by atoms with Gasteiger partial charge in [-0.1, -0.05) is 6.07 Å². The molecular weight excluding hydrogens is 326 g/mol. The Kier molecular flexibility index (Phi) is 4.83. The lowest BCUT2D eigenvalue weighted by Crippen LogP contribution is -2.27. The van der Waals surface area contributed by atoms with E-state index >= 15 is 0 Å². The van der Waals surface area contributed by atoms with Gasteiger partial charge in [0.1, 0.15) is 23.1 Å². The van der Waals surface area contributed by atoms with E-state index < -0.39 is 11.6 Å². The number of halogens is 2. The highest BCUT2D eigenvalue weighted by Gasteiger charge is 2.26. The van der Waals surface area contributed by atoms with Crippen LogP contribution in [0.1, 0.15) is 16.8 Å². The lowest BCUT2D eigenvalue weighted by molar-refractivity contribution is 0.0827. The molecule has 0 saturated carbocycles. The zero-order valence-electron chi connectivity index (χ0n) is 14.2. The van der Waals surface area contributed by atoms with E-state index in [0.29, 0.717) is 24.5 Å². The highest BCUT2D eigenvalue weighted by Crippen LogP contribution is 2.27. The average molecular weight is 346 g/mol. The fraction of sp³-hybridized carbons (Fsp3) is 0.333. The summed E-state index contributed by atoms with van der Waals surface area (Å²) in [5, 5.41) is 3.25. The summed E-state index contributed by atoms with van der Waals surface area (Å²) in [5.41, 5.74) is 0.531. The van der Waals surface area contributed by atoms with E-state index in [1.165, 1.54) is 29.3 Å². The Bertz CT molecular complexity index is 744. The van der Waals surface area contributed by atoms with Crippen molar-refractivity contribution in [2.24, 2.45) is 0 Å². The first-order valence-corrected chi connectivity index (χ1v) is 8.09. The van der Waals surface area contributed by atoms with Crippen molar-refractivity contribution in [3.63, 3.8) is 0 Å². The first kappa shape index (κ1) is 17.1. The van der Waals surface area contributed by atoms with Gasteiger partial charge in [-0.3, -0.25) is 4.79 Å². The molecule has 2 aromatic rings. The zero-order chi connectivity index (χ0) is 18.0. The van der Waals surface area contributed by atoms with Crippen LogP contribution in [0.15, 0.2) is 36.5 Å². The molecule has 0 spiro atoms. The molecule has 25 heavy (non-hydrogen) atoms. The normalized spacial score (nSPS) is 16.8. The van der Waals surface area contributed by atoms with Gasteiger partial charge in [0.2, 0.25) is 0 Å². The maximum atomic E-state index is 13.9. The molecular formula is C18H20F2N4O. The highest BCUT2D eigenvalue weighted by atomic mass is 19.1. The molecule has 7 heteroatoms. The molecule has 1 aliphatic heterocycles. The zero-order valence-corrected chi connectivity index (χ0v) is 14.2. The number of pyridine rings is 1. The predicted molar refractivity (Wildman–Crippen MR) is 92.9 cm³/mol. The van der Waals surface area contributed by atoms with Crippen LogP contribution in [0.2, 0.25) is 0 Å². The van der Waals surface area contributed by atoms with Gasteiger partial charge >= 0.3 is 0 Å². The van der Waals surface area contributed by atoms with Gasteiger partial charge in [0.25, 0.3) is 5.91 Å². The monoisotopic (exact) mass is 346 g/mol. The lowest BCUT2D eigenvalue weighted by Gasteiger charge is -2.20. The van der Waals surface area contributed by atoms with Crippen LogP contribution in [-0.2, 0) is 0 Å². The molecule has 1 amide bonds. The van der Waals surface area contributed by atoms with Crippen molar-refractivity contribution >= 4 is 17.4 Å². The van der Waals surface area contributed by atoms with Gasteiger partial charge in [-0.15, -0.1) is 0 Å². The molecule has 132 valence electrons. The fourth-order valence-corrected chi connectivity index (χ4v) is 2.95. The number of carbonyl (C=O) groups excluding carboxylic acids is 1. The number of anilines is 2. The number of rotatable bonds is 4. The van der Waals surface area contributed by atoms with Crippen LogP contribution >= 0.6 is 0 Å². The van der Waals surface area contributed by atoms with E-state index in [-0.39, 0.29) is 17.6 Å². The van der Waals surface area contributed by atoms with E-state index in [0.717, 1.165) is 6.42 Å². The summed E-state index contributed by atoms with van der Waals surface area (Å²) in [6, 6.07) is 7.37. The Morgan fingerprint density at radius 1 is 1.24 bits per heavy atom. The lowest BCUT2D eigenvalue weighted by atomic mass is 10.2. The molecule has 1 saturated heterocycles. The molecule has 2 heterocycles. The summed E-state index contributed by atoms with van der Waals surface area (Å²) in [6.07, 6.45) is 2.27. The van der Waals surface area contributed by atoms with Gasteiger partial charge in [-0.2, -0.15) is 0 Å². The van der Waals surface area contributed by atoms with Crippen molar-refractivity contribution in [2.45, 2.75) is 12.5 Å². The average Bonchev–Trinajstić information content (AvgIpc) is 3.02. The van der Waals surface area contributed by atoms with Crippen LogP contribution in [0.25, 0.3) is 0 Å². The van der Waals surface area contributed by atoms with E-state index in [1.54, 1.807) is 31.1 Å². The molecule has 1 atom stereocenters. The molecule has 1 aliphatic rings. The largest absolute Gasteiger partial charge is 0.365 e. The minimum Gasteiger partial charge on any atom is -0.365 e. The van der Waals surface area contributed by atoms with Gasteiger partial charge in [0, 0.05) is 39.4 Å². The molecule has 1 aromatic heterocycles. The Hall–Kier alpha value is -2.70. The quantitative estimate of drug-likeness (QED) is 0.925. The maximum absolute atomic E-state index is 13.9. The van der Waals surface area contributed by atoms with Gasteiger partial charge in [-0.25, -0.2) is 13.8 Å². The minimum atomic E-state index is -0.551. The second-order valence-electron chi connectivity index (χ2n) is 6.28. The number of aromatic nitrogens is 1. The number of benzene rings is 1. The topological polar surface area (TPSA) is 48.5 Å². The number of nitrogens with zero attached hydrogens (tertiary/aromatic N) is 3. The second kappa shape index (κ2) is 7.04. The summed E-state index contributed by atoms with van der Waals surface area (Å²) >= 11 is 0. The highest BCUT2D eigenvalue weighted by molar-refractivity contribution is 5.93. The molecule has 1 N–H and O–H groups in total. The standard InChI is InChI=1S/C18H20F2N4O/c1-23(2)18(25)12-6-7-16(21-10-12)22-13-8-9-24(11-13)17-14(19)4-3-5-15(17)20/h3-7,10,13H,8-9,11H2,1-2H3,(H,21,22). The summed E-state index contributed by atoms with van der Waals surface area (Å²) < 4.78 is 27.8. The molecule has 0 bridgehead atoms. The van der Waals surface area contributed by atoms with Crippen LogP contribution in [-0.4, -0.2) is 49.0 Å². The van der Waals surface area contributed by atoms with E-state index in [9.17, 15) is 13.6 Å². The molecule has 1 fully saturated rings. The Balaban J connectivity index is 1.65. The SMILES string of the molecule is CN(C)C(=O)c1ccc(NC2CCN(c3c(F)cccc3F)C2)nc1. The first-order chi connectivity index (χ1) is 12.0. The van der Waals surface area contributed by atoms with Crippen molar-refractivity contribution in [3.8, 4) is 0 Å². The molecule has 5 nitrogen and oxygen atoms in total. The van der Waals surface area contributed by atoms with Crippen LogP contribution in [0.3, 0.4) is 0 Å². The van der Waals surface area contributed by atoms with Crippen molar-refractivity contribution in [3.05, 3.63) is 53.7 Å². The molecule has 1 aromatic carbocycles. The smallest absolute Gasteiger partial charge is 0.254 e. The summed E-state index contributed by atoms with van der Waals surface area (Å²) in [5.74, 6) is -0.576. The fourth-order valence-electron chi connectivity index (χ4n) is 2.95. The number of nitrogens with one attached hydrogen (secondary N) is 1. The van der Waals surface area contributed by atoms with Gasteiger partial charge in [-0.05, 0) is 30.7 Å². The van der Waals surface area contributed by atoms with E-state index in [2.05, 4.69) is 10.3 Å². The van der Waals surface area contributed by atoms with E-state index in [1.807, 2.05) is 0 Å². The third-order valence-electron chi connectivity index (χ3n) is 4.21. The number of carbonyl (C=O) groups is 1. The molecule has 0 aliphatic carbocycles. The van der Waals surface area contributed by atoms with Crippen LogP contribution in [0, 0.1) is 11.6 Å². The van der Waals surface area contributed by atoms with Crippen LogP contribution in [0.5, 0.6) is 0 Å². The van der Waals surface area contributed by atoms with Crippen molar-refractivity contribution < 1.29 is 13.6 Å². The van der Waals surface area contributed by atoms with Crippen LogP contribution < -0.4 is 10.2 Å². The van der Waals surface area contributed by atoms with Gasteiger partial charge in [0.15, 0.2) is 0 Å². The predicted octanol–water partition coefficient (Wildman–Crippen LogP) is 2.75. The summed E-state index contributed by atoms with van der Waals surface area (Å²) in [4.78, 5) is 19.3. The molecule has 0 radical (unpaired) electrons. The number of hydrogen-bond donors (Lipinski definition) is 1. The number of hydrogen-bond acceptors (Lipinski definition) is 4. The Morgan fingerprint density at radius 2 is 1.96 bits per heavy atom. The third-order valence-corrected chi connectivity index (χ3v) is 4.21. The van der Waals surface area contributed by atoms with Gasteiger partial charge < -0.3 is 15.1 Å². The van der Waals surface area contributed by atoms with Crippen LogP contribution in [0.4, 0.5) is 20.3 Å². The van der Waals surface area contributed by atoms with Gasteiger partial charge in [0.05, 0.1) is 5.56 Å². The Labute approximate surface area is 145 Å². The number of para-hydroxylation sites is 1. The van der Waals surface area contributed by atoms with E-state index in [4.69, 9.17) is 0 Å². The first-order valence-electron chi connectivity index (χ1n) is 8.09. The maximum Gasteiger partial charge on any atom is 0.254 e. The van der Waals surface area contributed by atoms with Crippen molar-refractivity contribution in [1.29, 1.82) is 0 Å². The molecule has 1 unspecified atom stereocenters. The summed E-state index contributed by atoms with van der Waals surface area (Å²) in [6.45, 7) is 1.05. The van der Waals surface area contributed by atoms with Crippen molar-refractivity contribution in [2.75, 3.05) is 37.4 Å². The third kappa shape index (κ3) is 3.70. The van der Waals surface area contributed by atoms with Crippen molar-refractivity contribution in [1.82, 2.24) is 9.88 Å². The number of amides is 1. The second-order valence-corrected chi connectivity index (χ2v) is 6.28. The summed E-state index contributed by atoms with van der Waals surface area (Å²) in [7, 11) is 3.37. The minimum absolute atomic E-state index is 0.0201. The molecule has 3 rings (SSSR count). The Morgan fingerprint density at radius 3 is 2.56 bits per heavy atom.